The van der Waals surface area contributed by atoms with Crippen LogP contribution in [-0.4, -0.2) is 50.8 Å². The van der Waals surface area contributed by atoms with Crippen molar-refractivity contribution < 1.29 is 4.74 Å². The van der Waals surface area contributed by atoms with Crippen LogP contribution in [0.2, 0.25) is 0 Å². The van der Waals surface area contributed by atoms with Gasteiger partial charge in [0.15, 0.2) is 0 Å². The van der Waals surface area contributed by atoms with Gasteiger partial charge in [-0.3, -0.25) is 0 Å². The van der Waals surface area contributed by atoms with Gasteiger partial charge in [0.25, 0.3) is 0 Å². The lowest BCUT2D eigenvalue weighted by Gasteiger charge is -2.35. The topological polar surface area (TPSA) is 24.5 Å². The second kappa shape index (κ2) is 9.76. The summed E-state index contributed by atoms with van der Waals surface area (Å²) in [6.45, 7) is 14.6. The summed E-state index contributed by atoms with van der Waals surface area (Å²) in [5.74, 6) is 1.76. The molecule has 0 saturated carbocycles. The molecular weight excluding hydrogens is 224 g/mol. The Morgan fingerprint density at radius 3 is 2.72 bits per heavy atom. The molecule has 1 fully saturated rings. The molecular formula is C15H32N2O. The van der Waals surface area contributed by atoms with Crippen molar-refractivity contribution in [2.75, 3.05) is 45.9 Å². The molecule has 0 aromatic carbocycles. The monoisotopic (exact) mass is 256 g/mol. The van der Waals surface area contributed by atoms with E-state index in [1.165, 1.54) is 38.9 Å². The molecule has 1 rings (SSSR count). The van der Waals surface area contributed by atoms with Gasteiger partial charge in [0.05, 0.1) is 6.61 Å². The van der Waals surface area contributed by atoms with Gasteiger partial charge >= 0.3 is 0 Å². The third kappa shape index (κ3) is 6.72. The van der Waals surface area contributed by atoms with Crippen molar-refractivity contribution in [2.45, 2.75) is 40.0 Å². The molecule has 0 spiro atoms. The first-order valence-corrected chi connectivity index (χ1v) is 7.74. The minimum atomic E-state index is 0.855. The highest BCUT2D eigenvalue weighted by Gasteiger charge is 2.21. The Hall–Kier alpha value is -0.120. The molecule has 0 radical (unpaired) electrons. The number of likely N-dealkylation sites (tertiary alicyclic amines) is 1. The Balaban J connectivity index is 1.89. The number of hydrogen-bond donors (Lipinski definition) is 1. The zero-order valence-electron chi connectivity index (χ0n) is 12.6. The summed E-state index contributed by atoms with van der Waals surface area (Å²) in [5, 5.41) is 3.47. The van der Waals surface area contributed by atoms with E-state index >= 15 is 0 Å². The van der Waals surface area contributed by atoms with E-state index in [0.717, 1.165) is 38.1 Å². The molecule has 0 amide bonds. The van der Waals surface area contributed by atoms with Crippen LogP contribution in [0.5, 0.6) is 0 Å². The van der Waals surface area contributed by atoms with Crippen LogP contribution in [0.15, 0.2) is 0 Å². The van der Waals surface area contributed by atoms with Crippen LogP contribution in [0.1, 0.15) is 40.0 Å². The van der Waals surface area contributed by atoms with Gasteiger partial charge in [-0.25, -0.2) is 0 Å². The highest BCUT2D eigenvalue weighted by atomic mass is 16.5. The fraction of sp³-hybridized carbons (Fsp3) is 1.00. The summed E-state index contributed by atoms with van der Waals surface area (Å²) >= 11 is 0. The summed E-state index contributed by atoms with van der Waals surface area (Å²) < 4.78 is 5.52. The summed E-state index contributed by atoms with van der Waals surface area (Å²) in [4.78, 5) is 2.59. The molecule has 1 saturated heterocycles. The van der Waals surface area contributed by atoms with E-state index in [1.54, 1.807) is 0 Å². The Morgan fingerprint density at radius 2 is 2.00 bits per heavy atom. The maximum Gasteiger partial charge on any atom is 0.0590 e. The van der Waals surface area contributed by atoms with E-state index in [-0.39, 0.29) is 0 Å². The van der Waals surface area contributed by atoms with Crippen molar-refractivity contribution in [1.82, 2.24) is 10.2 Å². The summed E-state index contributed by atoms with van der Waals surface area (Å²) in [5.41, 5.74) is 0. The summed E-state index contributed by atoms with van der Waals surface area (Å²) in [6.07, 6.45) is 3.77. The molecule has 0 aliphatic carbocycles. The fourth-order valence-corrected chi connectivity index (χ4v) is 2.41. The standard InChI is InChI=1S/C15H32N2O/c1-4-5-11-18-12-8-16-7-10-17-9-6-14(2)15(3)13-17/h14-16H,4-13H2,1-3H3. The number of rotatable bonds is 9. The van der Waals surface area contributed by atoms with Crippen molar-refractivity contribution in [3.63, 3.8) is 0 Å². The Morgan fingerprint density at radius 1 is 1.17 bits per heavy atom. The first kappa shape index (κ1) is 15.9. The van der Waals surface area contributed by atoms with Gasteiger partial charge in [-0.15, -0.1) is 0 Å². The third-order valence-electron chi connectivity index (χ3n) is 4.09. The van der Waals surface area contributed by atoms with Crippen LogP contribution in [0.25, 0.3) is 0 Å². The van der Waals surface area contributed by atoms with Crippen LogP contribution in [0.3, 0.4) is 0 Å². The lowest BCUT2D eigenvalue weighted by Crippen LogP contribution is -2.42. The minimum Gasteiger partial charge on any atom is -0.380 e. The van der Waals surface area contributed by atoms with Gasteiger partial charge in [0.2, 0.25) is 0 Å². The smallest absolute Gasteiger partial charge is 0.0590 e. The number of piperidine rings is 1. The number of unbranched alkanes of at least 4 members (excludes halogenated alkanes) is 1. The van der Waals surface area contributed by atoms with E-state index in [4.69, 9.17) is 4.74 Å². The normalized spacial score (nSPS) is 25.5. The molecule has 0 aromatic heterocycles. The Bertz CT molecular complexity index is 199. The second-order valence-corrected chi connectivity index (χ2v) is 5.76. The van der Waals surface area contributed by atoms with Crippen molar-refractivity contribution in [3.05, 3.63) is 0 Å². The molecule has 2 unspecified atom stereocenters. The largest absolute Gasteiger partial charge is 0.380 e. The number of ether oxygens (including phenoxy) is 1. The molecule has 1 N–H and O–H groups in total. The van der Waals surface area contributed by atoms with Crippen molar-refractivity contribution in [2.24, 2.45) is 11.8 Å². The molecule has 2 atom stereocenters. The van der Waals surface area contributed by atoms with Crippen LogP contribution >= 0.6 is 0 Å². The van der Waals surface area contributed by atoms with Crippen LogP contribution in [-0.2, 0) is 4.74 Å². The van der Waals surface area contributed by atoms with Crippen LogP contribution in [0, 0.1) is 11.8 Å². The predicted octanol–water partition coefficient (Wildman–Crippen LogP) is 2.37. The van der Waals surface area contributed by atoms with Crippen LogP contribution < -0.4 is 5.32 Å². The molecule has 0 bridgehead atoms. The molecule has 1 aliphatic heterocycles. The average Bonchev–Trinajstić information content (AvgIpc) is 2.37. The van der Waals surface area contributed by atoms with Gasteiger partial charge in [-0.2, -0.15) is 0 Å². The molecule has 3 nitrogen and oxygen atoms in total. The lowest BCUT2D eigenvalue weighted by molar-refractivity contribution is 0.125. The Kier molecular flexibility index (Phi) is 8.64. The summed E-state index contributed by atoms with van der Waals surface area (Å²) in [6, 6.07) is 0. The zero-order valence-corrected chi connectivity index (χ0v) is 12.6. The van der Waals surface area contributed by atoms with Gasteiger partial charge in [-0.05, 0) is 31.2 Å². The van der Waals surface area contributed by atoms with Gasteiger partial charge in [-0.1, -0.05) is 27.2 Å². The number of nitrogens with zero attached hydrogens (tertiary/aromatic N) is 1. The van der Waals surface area contributed by atoms with Gasteiger partial charge in [0, 0.05) is 32.8 Å². The van der Waals surface area contributed by atoms with E-state index in [1.807, 2.05) is 0 Å². The van der Waals surface area contributed by atoms with Gasteiger partial charge in [0.1, 0.15) is 0 Å². The maximum absolute atomic E-state index is 5.52. The first-order chi connectivity index (χ1) is 8.74. The highest BCUT2D eigenvalue weighted by Crippen LogP contribution is 2.21. The second-order valence-electron chi connectivity index (χ2n) is 5.76. The summed E-state index contributed by atoms with van der Waals surface area (Å²) in [7, 11) is 0. The van der Waals surface area contributed by atoms with Gasteiger partial charge < -0.3 is 15.0 Å². The molecule has 108 valence electrons. The predicted molar refractivity (Wildman–Crippen MR) is 78.0 cm³/mol. The third-order valence-corrected chi connectivity index (χ3v) is 4.09. The van der Waals surface area contributed by atoms with E-state index in [9.17, 15) is 0 Å². The number of nitrogens with one attached hydrogen (secondary N) is 1. The maximum atomic E-state index is 5.52. The fourth-order valence-electron chi connectivity index (χ4n) is 2.41. The van der Waals surface area contributed by atoms with E-state index in [2.05, 4.69) is 31.0 Å². The van der Waals surface area contributed by atoms with Crippen LogP contribution in [0.4, 0.5) is 0 Å². The molecule has 1 heterocycles. The zero-order chi connectivity index (χ0) is 13.2. The quantitative estimate of drug-likeness (QED) is 0.641. The van der Waals surface area contributed by atoms with E-state index in [0.29, 0.717) is 0 Å². The minimum absolute atomic E-state index is 0.855. The highest BCUT2D eigenvalue weighted by molar-refractivity contribution is 4.75. The first-order valence-electron chi connectivity index (χ1n) is 7.74. The average molecular weight is 256 g/mol. The molecule has 3 heteroatoms. The SMILES string of the molecule is CCCCOCCNCCN1CCC(C)C(C)C1. The Labute approximate surface area is 113 Å². The molecule has 18 heavy (non-hydrogen) atoms. The van der Waals surface area contributed by atoms with E-state index < -0.39 is 0 Å². The molecule has 0 aromatic rings. The van der Waals surface area contributed by atoms with Crippen molar-refractivity contribution in [1.29, 1.82) is 0 Å². The van der Waals surface area contributed by atoms with Crippen molar-refractivity contribution in [3.8, 4) is 0 Å². The molecule has 1 aliphatic rings. The van der Waals surface area contributed by atoms with Crippen molar-refractivity contribution >= 4 is 0 Å². The lowest BCUT2D eigenvalue weighted by atomic mass is 9.89. The number of hydrogen-bond acceptors (Lipinski definition) is 3.